The predicted molar refractivity (Wildman–Crippen MR) is 76.2 cm³/mol. The Hall–Kier alpha value is -2.15. The van der Waals surface area contributed by atoms with Crippen LogP contribution in [0.4, 0.5) is 5.82 Å². The number of nitrogens with zero attached hydrogens (tertiary/aromatic N) is 1. The molecule has 0 saturated carbocycles. The minimum absolute atomic E-state index is 0.0443. The summed E-state index contributed by atoms with van der Waals surface area (Å²) in [6.07, 6.45) is 1.71. The van der Waals surface area contributed by atoms with E-state index in [4.69, 9.17) is 4.74 Å². The Balaban J connectivity index is 2.04. The summed E-state index contributed by atoms with van der Waals surface area (Å²) in [4.78, 5) is 11.7. The largest absolute Gasteiger partial charge is 0.504 e. The number of methoxy groups -OCH3 is 1. The number of aromatic amines is 1. The average Bonchev–Trinajstić information content (AvgIpc) is 2.82. The number of ether oxygens (including phenoxy) is 1. The van der Waals surface area contributed by atoms with Crippen molar-refractivity contribution in [2.75, 3.05) is 18.2 Å². The lowest BCUT2D eigenvalue weighted by Crippen LogP contribution is -2.12. The van der Waals surface area contributed by atoms with Crippen LogP contribution in [0.2, 0.25) is 0 Å². The maximum Gasteiger partial charge on any atom is 0.235 e. The van der Waals surface area contributed by atoms with Crippen molar-refractivity contribution in [1.29, 1.82) is 0 Å². The molecule has 1 aromatic heterocycles. The van der Waals surface area contributed by atoms with Crippen LogP contribution in [-0.2, 0) is 4.79 Å². The number of hydrogen-bond acceptors (Lipinski definition) is 5. The molecule has 1 atom stereocenters. The standard InChI is InChI=1S/C13H13N3O3S/c1-19-10-4-7(2-3-9(10)17)12-8-5-14-16-13(8)15-11(18)6-20-12/h2-5,12,17H,6H2,1H3,(H2,14,15,16,18). The van der Waals surface area contributed by atoms with Gasteiger partial charge in [-0.25, -0.2) is 0 Å². The number of anilines is 1. The normalized spacial score (nSPS) is 18.1. The van der Waals surface area contributed by atoms with Crippen molar-refractivity contribution in [3.05, 3.63) is 35.5 Å². The number of phenolic OH excluding ortho intramolecular Hbond substituents is 1. The fraction of sp³-hybridized carbons (Fsp3) is 0.231. The summed E-state index contributed by atoms with van der Waals surface area (Å²) in [5.74, 6) is 1.43. The average molecular weight is 291 g/mol. The van der Waals surface area contributed by atoms with Gasteiger partial charge in [-0.05, 0) is 17.7 Å². The summed E-state index contributed by atoms with van der Waals surface area (Å²) in [5, 5.41) is 19.2. The minimum Gasteiger partial charge on any atom is -0.504 e. The molecule has 1 unspecified atom stereocenters. The van der Waals surface area contributed by atoms with Crippen LogP contribution in [0.1, 0.15) is 16.4 Å². The third-order valence-corrected chi connectivity index (χ3v) is 4.39. The van der Waals surface area contributed by atoms with Gasteiger partial charge in [0.25, 0.3) is 0 Å². The molecular weight excluding hydrogens is 278 g/mol. The molecule has 2 aromatic rings. The van der Waals surface area contributed by atoms with E-state index in [9.17, 15) is 9.90 Å². The smallest absolute Gasteiger partial charge is 0.235 e. The second kappa shape index (κ2) is 5.09. The summed E-state index contributed by atoms with van der Waals surface area (Å²) >= 11 is 1.51. The molecular formula is C13H13N3O3S. The van der Waals surface area contributed by atoms with Crippen LogP contribution in [-0.4, -0.2) is 34.1 Å². The van der Waals surface area contributed by atoms with Gasteiger partial charge in [0.15, 0.2) is 11.5 Å². The van der Waals surface area contributed by atoms with Crippen molar-refractivity contribution in [3.8, 4) is 11.5 Å². The monoisotopic (exact) mass is 291 g/mol. The zero-order chi connectivity index (χ0) is 14.1. The molecule has 6 nitrogen and oxygen atoms in total. The molecule has 0 aliphatic carbocycles. The lowest BCUT2D eigenvalue weighted by molar-refractivity contribution is -0.113. The van der Waals surface area contributed by atoms with E-state index in [0.717, 1.165) is 11.1 Å². The maximum absolute atomic E-state index is 11.7. The van der Waals surface area contributed by atoms with E-state index in [1.807, 2.05) is 6.07 Å². The van der Waals surface area contributed by atoms with Gasteiger partial charge in [0.05, 0.1) is 24.3 Å². The van der Waals surface area contributed by atoms with E-state index in [-0.39, 0.29) is 16.9 Å². The molecule has 3 N–H and O–H groups in total. The molecule has 3 rings (SSSR count). The Morgan fingerprint density at radius 1 is 1.50 bits per heavy atom. The van der Waals surface area contributed by atoms with Crippen LogP contribution in [0.5, 0.6) is 11.5 Å². The van der Waals surface area contributed by atoms with Crippen LogP contribution in [0, 0.1) is 0 Å². The van der Waals surface area contributed by atoms with Gasteiger partial charge in [0.1, 0.15) is 5.82 Å². The number of thioether (sulfide) groups is 1. The summed E-state index contributed by atoms with van der Waals surface area (Å²) in [6.45, 7) is 0. The Kier molecular flexibility index (Phi) is 3.27. The van der Waals surface area contributed by atoms with Gasteiger partial charge in [-0.1, -0.05) is 6.07 Å². The first-order valence-electron chi connectivity index (χ1n) is 6.00. The molecule has 1 aliphatic rings. The Bertz CT molecular complexity index is 656. The summed E-state index contributed by atoms with van der Waals surface area (Å²) in [6, 6.07) is 5.19. The SMILES string of the molecule is COc1cc(C2SCC(=O)Nc3[nH]ncc32)ccc1O. The number of fused-ring (bicyclic) bond motifs is 1. The van der Waals surface area contributed by atoms with Crippen molar-refractivity contribution in [2.45, 2.75) is 5.25 Å². The molecule has 0 fully saturated rings. The summed E-state index contributed by atoms with van der Waals surface area (Å²) < 4.78 is 5.13. The van der Waals surface area contributed by atoms with E-state index in [0.29, 0.717) is 17.3 Å². The third-order valence-electron chi connectivity index (χ3n) is 3.10. The van der Waals surface area contributed by atoms with Crippen molar-refractivity contribution < 1.29 is 14.6 Å². The first-order chi connectivity index (χ1) is 9.69. The number of phenols is 1. The van der Waals surface area contributed by atoms with E-state index >= 15 is 0 Å². The molecule has 0 radical (unpaired) electrons. The Morgan fingerprint density at radius 3 is 3.15 bits per heavy atom. The van der Waals surface area contributed by atoms with Gasteiger partial charge in [0, 0.05) is 5.56 Å². The number of nitrogens with one attached hydrogen (secondary N) is 2. The summed E-state index contributed by atoms with van der Waals surface area (Å²) in [5.41, 5.74) is 1.86. The zero-order valence-electron chi connectivity index (χ0n) is 10.7. The zero-order valence-corrected chi connectivity index (χ0v) is 11.5. The molecule has 20 heavy (non-hydrogen) atoms. The number of aromatic hydroxyl groups is 1. The van der Waals surface area contributed by atoms with Gasteiger partial charge in [-0.2, -0.15) is 5.10 Å². The highest BCUT2D eigenvalue weighted by molar-refractivity contribution is 8.00. The Morgan fingerprint density at radius 2 is 2.35 bits per heavy atom. The molecule has 1 aliphatic heterocycles. The molecule has 0 saturated heterocycles. The maximum atomic E-state index is 11.7. The molecule has 104 valence electrons. The van der Waals surface area contributed by atoms with Crippen LogP contribution >= 0.6 is 11.8 Å². The van der Waals surface area contributed by atoms with Gasteiger partial charge in [0.2, 0.25) is 5.91 Å². The lowest BCUT2D eigenvalue weighted by atomic mass is 10.1. The first kappa shape index (κ1) is 12.9. The molecule has 0 spiro atoms. The fourth-order valence-electron chi connectivity index (χ4n) is 2.15. The molecule has 0 bridgehead atoms. The molecule has 1 aromatic carbocycles. The molecule has 7 heteroatoms. The van der Waals surface area contributed by atoms with Crippen molar-refractivity contribution in [2.24, 2.45) is 0 Å². The third kappa shape index (κ3) is 2.20. The fourth-order valence-corrected chi connectivity index (χ4v) is 3.24. The quantitative estimate of drug-likeness (QED) is 0.786. The summed E-state index contributed by atoms with van der Waals surface area (Å²) in [7, 11) is 1.51. The Labute approximate surface area is 119 Å². The second-order valence-corrected chi connectivity index (χ2v) is 5.46. The number of carbonyl (C=O) groups excluding carboxylic acids is 1. The second-order valence-electron chi connectivity index (χ2n) is 4.37. The van der Waals surface area contributed by atoms with Crippen LogP contribution in [0.3, 0.4) is 0 Å². The number of rotatable bonds is 2. The van der Waals surface area contributed by atoms with Crippen molar-refractivity contribution in [3.63, 3.8) is 0 Å². The number of aromatic nitrogens is 2. The first-order valence-corrected chi connectivity index (χ1v) is 7.05. The van der Waals surface area contributed by atoms with E-state index in [2.05, 4.69) is 15.5 Å². The lowest BCUT2D eigenvalue weighted by Gasteiger charge is -2.15. The number of amides is 1. The minimum atomic E-state index is -0.0613. The van der Waals surface area contributed by atoms with Gasteiger partial charge in [-0.3, -0.25) is 9.89 Å². The van der Waals surface area contributed by atoms with Crippen LogP contribution in [0.25, 0.3) is 0 Å². The highest BCUT2D eigenvalue weighted by Gasteiger charge is 2.26. The topological polar surface area (TPSA) is 87.2 Å². The predicted octanol–water partition coefficient (Wildman–Crippen LogP) is 1.90. The number of benzene rings is 1. The highest BCUT2D eigenvalue weighted by Crippen LogP contribution is 2.42. The van der Waals surface area contributed by atoms with E-state index < -0.39 is 0 Å². The van der Waals surface area contributed by atoms with E-state index in [1.54, 1.807) is 18.3 Å². The van der Waals surface area contributed by atoms with Crippen LogP contribution in [0.15, 0.2) is 24.4 Å². The van der Waals surface area contributed by atoms with Gasteiger partial charge in [-0.15, -0.1) is 11.8 Å². The molecule has 2 heterocycles. The number of H-pyrrole nitrogens is 1. The van der Waals surface area contributed by atoms with Crippen molar-refractivity contribution in [1.82, 2.24) is 10.2 Å². The highest BCUT2D eigenvalue weighted by atomic mass is 32.2. The number of hydrogen-bond donors (Lipinski definition) is 3. The number of carbonyl (C=O) groups is 1. The van der Waals surface area contributed by atoms with Gasteiger partial charge >= 0.3 is 0 Å². The van der Waals surface area contributed by atoms with Gasteiger partial charge < -0.3 is 15.2 Å². The van der Waals surface area contributed by atoms with E-state index in [1.165, 1.54) is 18.9 Å². The molecule has 1 amide bonds. The van der Waals surface area contributed by atoms with Crippen molar-refractivity contribution >= 4 is 23.5 Å². The van der Waals surface area contributed by atoms with Crippen LogP contribution < -0.4 is 10.1 Å².